The molecule has 1 aromatic heterocycles. The van der Waals surface area contributed by atoms with Gasteiger partial charge in [-0.15, -0.1) is 0 Å². The van der Waals surface area contributed by atoms with Crippen molar-refractivity contribution in [2.75, 3.05) is 12.4 Å². The lowest BCUT2D eigenvalue weighted by Gasteiger charge is -2.10. The molecule has 0 aliphatic rings. The molecule has 0 atom stereocenters. The lowest BCUT2D eigenvalue weighted by Crippen LogP contribution is -2.24. The van der Waals surface area contributed by atoms with Crippen molar-refractivity contribution in [2.45, 2.75) is 6.54 Å². The van der Waals surface area contributed by atoms with Gasteiger partial charge in [-0.2, -0.15) is 0 Å². The highest BCUT2D eigenvalue weighted by atomic mass is 35.5. The molecule has 2 amide bonds. The van der Waals surface area contributed by atoms with Crippen molar-refractivity contribution in [3.63, 3.8) is 0 Å². The Hall–Kier alpha value is -3.38. The van der Waals surface area contributed by atoms with E-state index in [0.717, 1.165) is 5.56 Å². The number of pyridine rings is 1. The molecule has 3 aromatic rings. The molecule has 0 aliphatic carbocycles. The molecule has 0 fully saturated rings. The minimum Gasteiger partial charge on any atom is -0.495 e. The van der Waals surface area contributed by atoms with E-state index in [0.29, 0.717) is 16.5 Å². The second kappa shape index (κ2) is 9.01. The molecule has 6 nitrogen and oxygen atoms in total. The van der Waals surface area contributed by atoms with E-state index in [-0.39, 0.29) is 23.6 Å². The summed E-state index contributed by atoms with van der Waals surface area (Å²) in [6.45, 7) is 0.274. The SMILES string of the molecule is COc1ccccc1NC(=O)c1cncc(C(=O)NCc2ccccc2Cl)c1. The van der Waals surface area contributed by atoms with Crippen molar-refractivity contribution in [3.05, 3.63) is 88.7 Å². The lowest BCUT2D eigenvalue weighted by atomic mass is 10.1. The van der Waals surface area contributed by atoms with E-state index in [4.69, 9.17) is 16.3 Å². The third-order valence-electron chi connectivity index (χ3n) is 4.02. The van der Waals surface area contributed by atoms with Gasteiger partial charge in [-0.25, -0.2) is 0 Å². The Bertz CT molecular complexity index is 1010. The van der Waals surface area contributed by atoms with Crippen molar-refractivity contribution in [2.24, 2.45) is 0 Å². The Morgan fingerprint density at radius 2 is 1.68 bits per heavy atom. The van der Waals surface area contributed by atoms with Crippen molar-refractivity contribution in [1.29, 1.82) is 0 Å². The van der Waals surface area contributed by atoms with Crippen LogP contribution in [-0.4, -0.2) is 23.9 Å². The van der Waals surface area contributed by atoms with Gasteiger partial charge in [-0.1, -0.05) is 41.9 Å². The summed E-state index contributed by atoms with van der Waals surface area (Å²) in [7, 11) is 1.52. The topological polar surface area (TPSA) is 80.3 Å². The van der Waals surface area contributed by atoms with Crippen LogP contribution in [0.2, 0.25) is 5.02 Å². The third kappa shape index (κ3) is 4.66. The van der Waals surface area contributed by atoms with Gasteiger partial charge in [-0.05, 0) is 29.8 Å². The van der Waals surface area contributed by atoms with Crippen LogP contribution < -0.4 is 15.4 Å². The number of carbonyl (C=O) groups is 2. The Kier molecular flexibility index (Phi) is 6.24. The Morgan fingerprint density at radius 1 is 1.00 bits per heavy atom. The minimum absolute atomic E-state index is 0.260. The highest BCUT2D eigenvalue weighted by molar-refractivity contribution is 6.31. The molecule has 142 valence electrons. The van der Waals surface area contributed by atoms with Gasteiger partial charge >= 0.3 is 0 Å². The van der Waals surface area contributed by atoms with Crippen LogP contribution >= 0.6 is 11.6 Å². The van der Waals surface area contributed by atoms with Crippen molar-refractivity contribution in [3.8, 4) is 5.75 Å². The molecule has 0 saturated heterocycles. The van der Waals surface area contributed by atoms with Gasteiger partial charge in [-0.3, -0.25) is 14.6 Å². The number of methoxy groups -OCH3 is 1. The predicted octanol–water partition coefficient (Wildman–Crippen LogP) is 3.93. The van der Waals surface area contributed by atoms with Crippen molar-refractivity contribution in [1.82, 2.24) is 10.3 Å². The summed E-state index contributed by atoms with van der Waals surface area (Å²) in [6, 6.07) is 15.8. The number of rotatable bonds is 6. The second-order valence-electron chi connectivity index (χ2n) is 5.89. The quantitative estimate of drug-likeness (QED) is 0.662. The Labute approximate surface area is 167 Å². The minimum atomic E-state index is -0.391. The normalized spacial score (nSPS) is 10.2. The summed E-state index contributed by atoms with van der Waals surface area (Å²) >= 11 is 6.10. The molecule has 1 heterocycles. The van der Waals surface area contributed by atoms with E-state index < -0.39 is 5.91 Å². The van der Waals surface area contributed by atoms with E-state index in [1.54, 1.807) is 30.3 Å². The summed E-state index contributed by atoms with van der Waals surface area (Å²) in [5.41, 5.74) is 1.87. The first-order valence-electron chi connectivity index (χ1n) is 8.49. The van der Waals surface area contributed by atoms with E-state index in [9.17, 15) is 9.59 Å². The number of halogens is 1. The number of para-hydroxylation sites is 2. The Morgan fingerprint density at radius 3 is 2.43 bits per heavy atom. The van der Waals surface area contributed by atoms with E-state index in [1.807, 2.05) is 18.2 Å². The summed E-state index contributed by atoms with van der Waals surface area (Å²) < 4.78 is 5.22. The molecule has 7 heteroatoms. The number of ether oxygens (including phenoxy) is 1. The molecular weight excluding hydrogens is 378 g/mol. The summed E-state index contributed by atoms with van der Waals surface area (Å²) in [5.74, 6) is -0.199. The molecule has 0 saturated carbocycles. The monoisotopic (exact) mass is 395 g/mol. The molecule has 0 aliphatic heterocycles. The number of hydrogen-bond acceptors (Lipinski definition) is 4. The largest absolute Gasteiger partial charge is 0.495 e. The number of nitrogens with one attached hydrogen (secondary N) is 2. The average molecular weight is 396 g/mol. The summed E-state index contributed by atoms with van der Waals surface area (Å²) in [6.07, 6.45) is 2.80. The van der Waals surface area contributed by atoms with Crippen LogP contribution in [0.15, 0.2) is 67.0 Å². The number of aromatic nitrogens is 1. The summed E-state index contributed by atoms with van der Waals surface area (Å²) in [5, 5.41) is 6.11. The molecule has 2 aromatic carbocycles. The fourth-order valence-electron chi connectivity index (χ4n) is 2.55. The fraction of sp³-hybridized carbons (Fsp3) is 0.0952. The summed E-state index contributed by atoms with van der Waals surface area (Å²) in [4.78, 5) is 28.9. The molecular formula is C21H18ClN3O3. The van der Waals surface area contributed by atoms with Gasteiger partial charge in [0.1, 0.15) is 5.75 Å². The van der Waals surface area contributed by atoms with Gasteiger partial charge in [0.25, 0.3) is 11.8 Å². The highest BCUT2D eigenvalue weighted by Crippen LogP contribution is 2.23. The zero-order valence-electron chi connectivity index (χ0n) is 15.1. The van der Waals surface area contributed by atoms with Crippen LogP contribution in [0.1, 0.15) is 26.3 Å². The number of anilines is 1. The molecule has 28 heavy (non-hydrogen) atoms. The third-order valence-corrected chi connectivity index (χ3v) is 4.38. The first-order chi connectivity index (χ1) is 13.6. The number of benzene rings is 2. The maximum absolute atomic E-state index is 12.5. The molecule has 3 rings (SSSR count). The van der Waals surface area contributed by atoms with Crippen LogP contribution in [0.5, 0.6) is 5.75 Å². The van der Waals surface area contributed by atoms with Gasteiger partial charge in [0.05, 0.1) is 23.9 Å². The van der Waals surface area contributed by atoms with Gasteiger partial charge in [0.15, 0.2) is 0 Å². The number of nitrogens with zero attached hydrogens (tertiary/aromatic N) is 1. The lowest BCUT2D eigenvalue weighted by molar-refractivity contribution is 0.0950. The van der Waals surface area contributed by atoms with Crippen molar-refractivity contribution >= 4 is 29.1 Å². The first-order valence-corrected chi connectivity index (χ1v) is 8.87. The van der Waals surface area contributed by atoms with Crippen LogP contribution in [-0.2, 0) is 6.54 Å². The fourth-order valence-corrected chi connectivity index (χ4v) is 2.75. The van der Waals surface area contributed by atoms with Crippen LogP contribution in [0.25, 0.3) is 0 Å². The van der Waals surface area contributed by atoms with Gasteiger partial charge in [0, 0.05) is 24.0 Å². The van der Waals surface area contributed by atoms with Crippen LogP contribution in [0.3, 0.4) is 0 Å². The molecule has 0 unspecified atom stereocenters. The standard InChI is InChI=1S/C21H18ClN3O3/c1-28-19-9-5-4-8-18(19)25-21(27)16-10-15(11-23-12-16)20(26)24-13-14-6-2-3-7-17(14)22/h2-12H,13H2,1H3,(H,24,26)(H,25,27). The van der Waals surface area contributed by atoms with Gasteiger partial charge in [0.2, 0.25) is 0 Å². The first kappa shape index (κ1) is 19.4. The zero-order valence-corrected chi connectivity index (χ0v) is 15.9. The smallest absolute Gasteiger partial charge is 0.257 e. The number of hydrogen-bond donors (Lipinski definition) is 2. The van der Waals surface area contributed by atoms with Crippen LogP contribution in [0, 0.1) is 0 Å². The van der Waals surface area contributed by atoms with Gasteiger partial charge < -0.3 is 15.4 Å². The number of amides is 2. The highest BCUT2D eigenvalue weighted by Gasteiger charge is 2.13. The van der Waals surface area contributed by atoms with E-state index in [2.05, 4.69) is 15.6 Å². The maximum Gasteiger partial charge on any atom is 0.257 e. The average Bonchev–Trinajstić information content (AvgIpc) is 2.73. The molecule has 2 N–H and O–H groups in total. The second-order valence-corrected chi connectivity index (χ2v) is 6.30. The number of carbonyl (C=O) groups excluding carboxylic acids is 2. The molecule has 0 radical (unpaired) electrons. The maximum atomic E-state index is 12.5. The Balaban J connectivity index is 1.70. The van der Waals surface area contributed by atoms with Crippen molar-refractivity contribution < 1.29 is 14.3 Å². The molecule has 0 bridgehead atoms. The zero-order chi connectivity index (χ0) is 19.9. The van der Waals surface area contributed by atoms with E-state index >= 15 is 0 Å². The predicted molar refractivity (Wildman–Crippen MR) is 108 cm³/mol. The van der Waals surface area contributed by atoms with E-state index in [1.165, 1.54) is 25.6 Å². The van der Waals surface area contributed by atoms with Crippen LogP contribution in [0.4, 0.5) is 5.69 Å². The molecule has 0 spiro atoms.